The molecule has 1 N–H and O–H groups in total. The summed E-state index contributed by atoms with van der Waals surface area (Å²) in [5.74, 6) is 0.431. The molecular formula is C12H11Cl2N5O2. The Bertz CT molecular complexity index is 693. The number of rotatable bonds is 4. The minimum atomic E-state index is -0.529. The van der Waals surface area contributed by atoms with E-state index < -0.39 is 4.92 Å². The third kappa shape index (κ3) is 3.50. The molecule has 1 aromatic heterocycles. The lowest BCUT2D eigenvalue weighted by Crippen LogP contribution is -2.14. The average molecular weight is 328 g/mol. The van der Waals surface area contributed by atoms with Crippen LogP contribution in [0, 0.1) is 10.1 Å². The summed E-state index contributed by atoms with van der Waals surface area (Å²) in [6.07, 6.45) is 1.15. The highest BCUT2D eigenvalue weighted by atomic mass is 35.5. The van der Waals surface area contributed by atoms with E-state index in [1.807, 2.05) is 0 Å². The van der Waals surface area contributed by atoms with Gasteiger partial charge in [0.15, 0.2) is 0 Å². The van der Waals surface area contributed by atoms with E-state index in [0.29, 0.717) is 15.7 Å². The summed E-state index contributed by atoms with van der Waals surface area (Å²) in [4.78, 5) is 20.0. The molecule has 21 heavy (non-hydrogen) atoms. The zero-order valence-corrected chi connectivity index (χ0v) is 12.7. The minimum Gasteiger partial charge on any atom is -0.357 e. The van der Waals surface area contributed by atoms with Crippen molar-refractivity contribution in [1.29, 1.82) is 0 Å². The van der Waals surface area contributed by atoms with Crippen molar-refractivity contribution >= 4 is 46.3 Å². The van der Waals surface area contributed by atoms with Crippen LogP contribution in [0.5, 0.6) is 0 Å². The van der Waals surface area contributed by atoms with Crippen molar-refractivity contribution < 1.29 is 4.92 Å². The van der Waals surface area contributed by atoms with Crippen LogP contribution in [0.3, 0.4) is 0 Å². The largest absolute Gasteiger partial charge is 0.357 e. The Hall–Kier alpha value is -2.12. The monoisotopic (exact) mass is 327 g/mol. The fraction of sp³-hybridized carbons (Fsp3) is 0.167. The van der Waals surface area contributed by atoms with Crippen molar-refractivity contribution in [3.63, 3.8) is 0 Å². The Morgan fingerprint density at radius 1 is 1.29 bits per heavy atom. The van der Waals surface area contributed by atoms with Crippen LogP contribution in [0.2, 0.25) is 10.0 Å². The van der Waals surface area contributed by atoms with Crippen LogP contribution < -0.4 is 10.2 Å². The summed E-state index contributed by atoms with van der Waals surface area (Å²) in [6, 6.07) is 4.95. The van der Waals surface area contributed by atoms with Crippen molar-refractivity contribution in [3.05, 3.63) is 44.6 Å². The van der Waals surface area contributed by atoms with E-state index in [1.54, 1.807) is 37.2 Å². The maximum Gasteiger partial charge on any atom is 0.329 e. The molecule has 2 aromatic rings. The number of halogens is 2. The molecule has 0 atom stereocenters. The molecule has 0 aliphatic rings. The zero-order valence-electron chi connectivity index (χ0n) is 11.2. The normalized spacial score (nSPS) is 10.3. The predicted molar refractivity (Wildman–Crippen MR) is 82.8 cm³/mol. The lowest BCUT2D eigenvalue weighted by molar-refractivity contribution is -0.384. The number of hydrogen-bond donors (Lipinski definition) is 1. The van der Waals surface area contributed by atoms with Gasteiger partial charge in [-0.05, 0) is 18.2 Å². The molecule has 0 saturated heterocycles. The summed E-state index contributed by atoms with van der Waals surface area (Å²) in [7, 11) is 3.33. The van der Waals surface area contributed by atoms with Crippen molar-refractivity contribution in [2.75, 3.05) is 24.3 Å². The quantitative estimate of drug-likeness (QED) is 0.683. The number of nitrogens with zero attached hydrogens (tertiary/aromatic N) is 4. The molecule has 1 aromatic carbocycles. The van der Waals surface area contributed by atoms with Crippen molar-refractivity contribution in [3.8, 4) is 0 Å². The van der Waals surface area contributed by atoms with Crippen LogP contribution in [-0.2, 0) is 0 Å². The fourth-order valence-electron chi connectivity index (χ4n) is 1.59. The molecule has 0 aliphatic carbocycles. The highest BCUT2D eigenvalue weighted by Gasteiger charge is 2.19. The Kier molecular flexibility index (Phi) is 4.44. The van der Waals surface area contributed by atoms with Gasteiger partial charge in [0.1, 0.15) is 6.20 Å². The molecule has 0 unspecified atom stereocenters. The Balaban J connectivity index is 2.34. The standard InChI is InChI=1S/C12H11Cl2N5O2/c1-18(2)11-10(19(20)21)6-15-12(17-11)16-7-3-4-8(13)9(14)5-7/h3-6H,1-2H3,(H,15,16,17). The topological polar surface area (TPSA) is 84.2 Å². The third-order valence-electron chi connectivity index (χ3n) is 2.55. The van der Waals surface area contributed by atoms with Gasteiger partial charge in [0.2, 0.25) is 11.8 Å². The van der Waals surface area contributed by atoms with Gasteiger partial charge in [-0.25, -0.2) is 4.98 Å². The third-order valence-corrected chi connectivity index (χ3v) is 3.29. The number of nitro groups is 1. The highest BCUT2D eigenvalue weighted by molar-refractivity contribution is 6.42. The van der Waals surface area contributed by atoms with Gasteiger partial charge in [0, 0.05) is 19.8 Å². The van der Waals surface area contributed by atoms with E-state index in [2.05, 4.69) is 15.3 Å². The second-order valence-corrected chi connectivity index (χ2v) is 5.12. The molecule has 0 bridgehead atoms. The van der Waals surface area contributed by atoms with E-state index in [1.165, 1.54) is 0 Å². The van der Waals surface area contributed by atoms with Crippen molar-refractivity contribution in [1.82, 2.24) is 9.97 Å². The summed E-state index contributed by atoms with van der Waals surface area (Å²) >= 11 is 11.8. The molecule has 0 amide bonds. The number of benzene rings is 1. The van der Waals surface area contributed by atoms with Crippen LogP contribution in [0.1, 0.15) is 0 Å². The maximum absolute atomic E-state index is 10.9. The first kappa shape index (κ1) is 15.3. The Morgan fingerprint density at radius 2 is 2.00 bits per heavy atom. The van der Waals surface area contributed by atoms with Crippen LogP contribution in [-0.4, -0.2) is 29.0 Å². The van der Waals surface area contributed by atoms with Crippen LogP contribution in [0.15, 0.2) is 24.4 Å². The molecule has 2 rings (SSSR count). The van der Waals surface area contributed by atoms with E-state index in [4.69, 9.17) is 23.2 Å². The van der Waals surface area contributed by atoms with Gasteiger partial charge in [-0.2, -0.15) is 4.98 Å². The second-order valence-electron chi connectivity index (χ2n) is 4.31. The van der Waals surface area contributed by atoms with E-state index in [-0.39, 0.29) is 17.5 Å². The molecule has 1 heterocycles. The van der Waals surface area contributed by atoms with Crippen molar-refractivity contribution in [2.24, 2.45) is 0 Å². The summed E-state index contributed by atoms with van der Waals surface area (Å²) in [5.41, 5.74) is 0.461. The number of anilines is 3. The molecule has 0 saturated carbocycles. The van der Waals surface area contributed by atoms with Gasteiger partial charge >= 0.3 is 5.69 Å². The molecule has 0 aliphatic heterocycles. The van der Waals surface area contributed by atoms with E-state index in [0.717, 1.165) is 6.20 Å². The first-order valence-electron chi connectivity index (χ1n) is 5.79. The summed E-state index contributed by atoms with van der Waals surface area (Å²) < 4.78 is 0. The molecule has 9 heteroatoms. The lowest BCUT2D eigenvalue weighted by Gasteiger charge is -2.13. The van der Waals surface area contributed by atoms with E-state index >= 15 is 0 Å². The molecule has 110 valence electrons. The smallest absolute Gasteiger partial charge is 0.329 e. The zero-order chi connectivity index (χ0) is 15.6. The summed E-state index contributed by atoms with van der Waals surface area (Å²) in [6.45, 7) is 0. The predicted octanol–water partition coefficient (Wildman–Crippen LogP) is 3.50. The first-order valence-corrected chi connectivity index (χ1v) is 6.55. The van der Waals surface area contributed by atoms with E-state index in [9.17, 15) is 10.1 Å². The van der Waals surface area contributed by atoms with Gasteiger partial charge in [-0.3, -0.25) is 10.1 Å². The minimum absolute atomic E-state index is 0.167. The molecule has 7 nitrogen and oxygen atoms in total. The van der Waals surface area contributed by atoms with Crippen LogP contribution >= 0.6 is 23.2 Å². The Labute approximate surface area is 130 Å². The number of aromatic nitrogens is 2. The second kappa shape index (κ2) is 6.11. The molecule has 0 radical (unpaired) electrons. The average Bonchev–Trinajstić information content (AvgIpc) is 2.42. The summed E-state index contributed by atoms with van der Waals surface area (Å²) in [5, 5.41) is 14.7. The van der Waals surface area contributed by atoms with Crippen molar-refractivity contribution in [2.45, 2.75) is 0 Å². The van der Waals surface area contributed by atoms with Gasteiger partial charge in [-0.15, -0.1) is 0 Å². The fourth-order valence-corrected chi connectivity index (χ4v) is 1.89. The highest BCUT2D eigenvalue weighted by Crippen LogP contribution is 2.28. The molecular weight excluding hydrogens is 317 g/mol. The number of hydrogen-bond acceptors (Lipinski definition) is 6. The lowest BCUT2D eigenvalue weighted by atomic mass is 10.3. The van der Waals surface area contributed by atoms with Gasteiger partial charge in [0.25, 0.3) is 0 Å². The Morgan fingerprint density at radius 3 is 2.57 bits per heavy atom. The number of nitrogens with one attached hydrogen (secondary N) is 1. The van der Waals surface area contributed by atoms with Gasteiger partial charge in [0.05, 0.1) is 15.0 Å². The first-order chi connectivity index (χ1) is 9.88. The molecule has 0 fully saturated rings. The van der Waals surface area contributed by atoms with Gasteiger partial charge in [-0.1, -0.05) is 23.2 Å². The van der Waals surface area contributed by atoms with Gasteiger partial charge < -0.3 is 10.2 Å². The maximum atomic E-state index is 10.9. The van der Waals surface area contributed by atoms with Crippen LogP contribution in [0.4, 0.5) is 23.1 Å². The molecule has 0 spiro atoms. The van der Waals surface area contributed by atoms with Crippen LogP contribution in [0.25, 0.3) is 0 Å². The SMILES string of the molecule is CN(C)c1nc(Nc2ccc(Cl)c(Cl)c2)ncc1[N+](=O)[O-].